The zero-order valence-electron chi connectivity index (χ0n) is 11.4. The third-order valence-electron chi connectivity index (χ3n) is 3.25. The second-order valence-corrected chi connectivity index (χ2v) is 5.06. The highest BCUT2D eigenvalue weighted by Gasteiger charge is 2.38. The van der Waals surface area contributed by atoms with Gasteiger partial charge < -0.3 is 10.0 Å². The first-order chi connectivity index (χ1) is 8.17. The van der Waals surface area contributed by atoms with Gasteiger partial charge in [0.2, 0.25) is 5.91 Å². The van der Waals surface area contributed by atoms with Gasteiger partial charge in [-0.1, -0.05) is 6.07 Å². The Labute approximate surface area is 107 Å². The molecule has 1 N–H and O–H groups in total. The fourth-order valence-corrected chi connectivity index (χ4v) is 1.56. The van der Waals surface area contributed by atoms with E-state index >= 15 is 0 Å². The summed E-state index contributed by atoms with van der Waals surface area (Å²) in [5.41, 5.74) is 1.49. The van der Waals surface area contributed by atoms with Crippen molar-refractivity contribution in [1.29, 1.82) is 0 Å². The Kier molecular flexibility index (Phi) is 3.79. The highest BCUT2D eigenvalue weighted by molar-refractivity contribution is 6.08. The van der Waals surface area contributed by atoms with Gasteiger partial charge in [0.1, 0.15) is 5.41 Å². The molecule has 0 atom stereocenters. The molecule has 4 nitrogen and oxygen atoms in total. The van der Waals surface area contributed by atoms with Crippen LogP contribution in [0, 0.1) is 19.3 Å². The van der Waals surface area contributed by atoms with Crippen LogP contribution in [0.3, 0.4) is 0 Å². The van der Waals surface area contributed by atoms with Crippen molar-refractivity contribution in [3.8, 4) is 0 Å². The number of rotatable bonds is 3. The number of aliphatic carboxylic acids is 1. The zero-order chi connectivity index (χ0) is 14.1. The lowest BCUT2D eigenvalue weighted by molar-refractivity contribution is -0.152. The van der Waals surface area contributed by atoms with Gasteiger partial charge in [0, 0.05) is 12.7 Å². The molecule has 1 amide bonds. The Bertz CT molecular complexity index is 492. The molecule has 0 fully saturated rings. The van der Waals surface area contributed by atoms with Gasteiger partial charge in [0.15, 0.2) is 0 Å². The molecule has 0 heterocycles. The Morgan fingerprint density at radius 3 is 2.17 bits per heavy atom. The van der Waals surface area contributed by atoms with Gasteiger partial charge in [-0.3, -0.25) is 9.59 Å². The molecule has 0 aromatic heterocycles. The normalized spacial score (nSPS) is 11.2. The van der Waals surface area contributed by atoms with Crippen LogP contribution in [0.1, 0.15) is 25.0 Å². The maximum Gasteiger partial charge on any atom is 0.318 e. The molecule has 18 heavy (non-hydrogen) atoms. The molecule has 0 saturated carbocycles. The molecule has 1 aromatic carbocycles. The van der Waals surface area contributed by atoms with E-state index in [0.29, 0.717) is 5.69 Å². The molecular weight excluding hydrogens is 230 g/mol. The number of carboxylic acid groups (broad SMARTS) is 1. The van der Waals surface area contributed by atoms with E-state index in [1.807, 2.05) is 32.0 Å². The van der Waals surface area contributed by atoms with Gasteiger partial charge in [-0.2, -0.15) is 0 Å². The number of benzene rings is 1. The first-order valence-corrected chi connectivity index (χ1v) is 5.76. The van der Waals surface area contributed by atoms with E-state index in [9.17, 15) is 9.59 Å². The first kappa shape index (κ1) is 14.2. The number of carbonyl (C=O) groups excluding carboxylic acids is 1. The smallest absolute Gasteiger partial charge is 0.318 e. The van der Waals surface area contributed by atoms with Gasteiger partial charge in [0.25, 0.3) is 0 Å². The van der Waals surface area contributed by atoms with Crippen molar-refractivity contribution in [3.63, 3.8) is 0 Å². The average Bonchev–Trinajstić information content (AvgIpc) is 2.30. The molecular formula is C14H19NO3. The maximum absolute atomic E-state index is 12.1. The summed E-state index contributed by atoms with van der Waals surface area (Å²) in [6.45, 7) is 6.77. The monoisotopic (exact) mass is 249 g/mol. The number of amides is 1. The Morgan fingerprint density at radius 1 is 1.17 bits per heavy atom. The average molecular weight is 249 g/mol. The van der Waals surface area contributed by atoms with E-state index in [1.165, 1.54) is 18.7 Å². The molecule has 4 heteroatoms. The van der Waals surface area contributed by atoms with E-state index in [-0.39, 0.29) is 0 Å². The quantitative estimate of drug-likeness (QED) is 0.837. The summed E-state index contributed by atoms with van der Waals surface area (Å²) >= 11 is 0. The van der Waals surface area contributed by atoms with Crippen molar-refractivity contribution >= 4 is 17.6 Å². The van der Waals surface area contributed by atoms with Crippen LogP contribution < -0.4 is 4.90 Å². The minimum Gasteiger partial charge on any atom is -0.480 e. The molecule has 0 saturated heterocycles. The van der Waals surface area contributed by atoms with Crippen LogP contribution in [0.5, 0.6) is 0 Å². The third kappa shape index (κ3) is 2.53. The number of nitrogens with zero attached hydrogens (tertiary/aromatic N) is 1. The van der Waals surface area contributed by atoms with Gasteiger partial charge >= 0.3 is 5.97 Å². The summed E-state index contributed by atoms with van der Waals surface area (Å²) < 4.78 is 0. The van der Waals surface area contributed by atoms with E-state index in [4.69, 9.17) is 5.11 Å². The summed E-state index contributed by atoms with van der Waals surface area (Å²) in [5.74, 6) is -1.55. The van der Waals surface area contributed by atoms with Crippen LogP contribution in [0.2, 0.25) is 0 Å². The predicted octanol–water partition coefficient (Wildman–Crippen LogP) is 2.38. The first-order valence-electron chi connectivity index (χ1n) is 5.76. The van der Waals surface area contributed by atoms with E-state index in [1.54, 1.807) is 7.05 Å². The molecule has 1 aromatic rings. The lowest BCUT2D eigenvalue weighted by atomic mass is 9.91. The molecule has 0 spiro atoms. The summed E-state index contributed by atoms with van der Waals surface area (Å²) in [7, 11) is 1.59. The second kappa shape index (κ2) is 4.80. The third-order valence-corrected chi connectivity index (χ3v) is 3.25. The molecule has 0 radical (unpaired) electrons. The van der Waals surface area contributed by atoms with E-state index in [2.05, 4.69) is 0 Å². The van der Waals surface area contributed by atoms with Crippen LogP contribution in [0.4, 0.5) is 5.69 Å². The highest BCUT2D eigenvalue weighted by Crippen LogP contribution is 2.24. The van der Waals surface area contributed by atoms with E-state index < -0.39 is 17.3 Å². The molecule has 98 valence electrons. The van der Waals surface area contributed by atoms with Gasteiger partial charge in [-0.15, -0.1) is 0 Å². The van der Waals surface area contributed by atoms with Gasteiger partial charge in [-0.25, -0.2) is 0 Å². The number of carbonyl (C=O) groups is 2. The predicted molar refractivity (Wildman–Crippen MR) is 70.7 cm³/mol. The minimum absolute atomic E-state index is 0.432. The maximum atomic E-state index is 12.1. The van der Waals surface area contributed by atoms with Gasteiger partial charge in [0.05, 0.1) is 0 Å². The SMILES string of the molecule is Cc1ccc(N(C)C(=O)C(C)(C)C(=O)O)cc1C. The number of hydrogen-bond acceptors (Lipinski definition) is 2. The van der Waals surface area contributed by atoms with Crippen molar-refractivity contribution in [1.82, 2.24) is 0 Å². The largest absolute Gasteiger partial charge is 0.480 e. The molecule has 0 unspecified atom stereocenters. The standard InChI is InChI=1S/C14H19NO3/c1-9-6-7-11(8-10(9)2)15(5)12(16)14(3,4)13(17)18/h6-8H,1-5H3,(H,17,18). The molecule has 0 bridgehead atoms. The highest BCUT2D eigenvalue weighted by atomic mass is 16.4. The summed E-state index contributed by atoms with van der Waals surface area (Å²) in [6.07, 6.45) is 0. The van der Waals surface area contributed by atoms with Crippen LogP contribution in [-0.4, -0.2) is 24.0 Å². The summed E-state index contributed by atoms with van der Waals surface area (Å²) in [4.78, 5) is 24.6. The molecule has 0 aliphatic carbocycles. The lowest BCUT2D eigenvalue weighted by Gasteiger charge is -2.26. The van der Waals surface area contributed by atoms with Crippen LogP contribution >= 0.6 is 0 Å². The van der Waals surface area contributed by atoms with Crippen molar-refractivity contribution in [2.24, 2.45) is 5.41 Å². The Hall–Kier alpha value is -1.84. The van der Waals surface area contributed by atoms with Crippen molar-refractivity contribution in [2.75, 3.05) is 11.9 Å². The fraction of sp³-hybridized carbons (Fsp3) is 0.429. The van der Waals surface area contributed by atoms with Crippen LogP contribution in [-0.2, 0) is 9.59 Å². The van der Waals surface area contributed by atoms with Crippen LogP contribution in [0.15, 0.2) is 18.2 Å². The Balaban J connectivity index is 3.07. The van der Waals surface area contributed by atoms with E-state index in [0.717, 1.165) is 11.1 Å². The van der Waals surface area contributed by atoms with Crippen LogP contribution in [0.25, 0.3) is 0 Å². The Morgan fingerprint density at radius 2 is 1.72 bits per heavy atom. The summed E-state index contributed by atoms with van der Waals surface area (Å²) in [5, 5.41) is 9.06. The fourth-order valence-electron chi connectivity index (χ4n) is 1.56. The topological polar surface area (TPSA) is 57.6 Å². The number of anilines is 1. The van der Waals surface area contributed by atoms with Crippen molar-refractivity contribution in [3.05, 3.63) is 29.3 Å². The molecule has 0 aliphatic heterocycles. The molecule has 1 rings (SSSR count). The van der Waals surface area contributed by atoms with Gasteiger partial charge in [-0.05, 0) is 51.0 Å². The number of carboxylic acids is 1. The lowest BCUT2D eigenvalue weighted by Crippen LogP contribution is -2.43. The summed E-state index contributed by atoms with van der Waals surface area (Å²) in [6, 6.07) is 5.62. The minimum atomic E-state index is -1.42. The molecule has 0 aliphatic rings. The number of aryl methyl sites for hydroxylation is 2. The van der Waals surface area contributed by atoms with Crippen molar-refractivity contribution < 1.29 is 14.7 Å². The zero-order valence-corrected chi connectivity index (χ0v) is 11.4. The van der Waals surface area contributed by atoms with Crippen molar-refractivity contribution in [2.45, 2.75) is 27.7 Å². The second-order valence-electron chi connectivity index (χ2n) is 5.06. The number of hydrogen-bond donors (Lipinski definition) is 1.